The number of rotatable bonds is 8. The van der Waals surface area contributed by atoms with Gasteiger partial charge < -0.3 is 14.6 Å². The minimum absolute atomic E-state index is 0.0194. The van der Waals surface area contributed by atoms with Gasteiger partial charge in [-0.2, -0.15) is 0 Å². The number of oxazole rings is 1. The van der Waals surface area contributed by atoms with E-state index in [0.29, 0.717) is 36.1 Å². The van der Waals surface area contributed by atoms with Crippen LogP contribution in [-0.2, 0) is 11.2 Å². The van der Waals surface area contributed by atoms with Crippen LogP contribution in [0.15, 0.2) is 65.2 Å². The molecule has 1 heterocycles. The number of aryl methyl sites for hydroxylation is 1. The van der Waals surface area contributed by atoms with Crippen LogP contribution in [0.1, 0.15) is 23.9 Å². The van der Waals surface area contributed by atoms with Gasteiger partial charge in [0.15, 0.2) is 11.7 Å². The van der Waals surface area contributed by atoms with Crippen molar-refractivity contribution in [1.82, 2.24) is 15.2 Å². The quantitative estimate of drug-likeness (QED) is 0.614. The van der Waals surface area contributed by atoms with Gasteiger partial charge in [0.2, 0.25) is 5.91 Å². The van der Waals surface area contributed by atoms with Crippen LogP contribution in [-0.4, -0.2) is 36.4 Å². The van der Waals surface area contributed by atoms with Crippen molar-refractivity contribution in [3.8, 4) is 11.3 Å². The summed E-state index contributed by atoms with van der Waals surface area (Å²) in [5.74, 6) is 1.20. The number of carbonyl (C=O) groups excluding carboxylic acids is 1. The number of amides is 1. The van der Waals surface area contributed by atoms with Gasteiger partial charge in [-0.1, -0.05) is 41.9 Å². The molecule has 0 aliphatic heterocycles. The van der Waals surface area contributed by atoms with Crippen LogP contribution in [0.3, 0.4) is 0 Å². The second-order valence-electron chi connectivity index (χ2n) is 6.82. The van der Waals surface area contributed by atoms with Gasteiger partial charge in [-0.25, -0.2) is 4.98 Å². The third-order valence-electron chi connectivity index (χ3n) is 4.55. The Morgan fingerprint density at radius 1 is 1.14 bits per heavy atom. The van der Waals surface area contributed by atoms with Gasteiger partial charge in [0.25, 0.3) is 0 Å². The fourth-order valence-electron chi connectivity index (χ4n) is 2.97. The summed E-state index contributed by atoms with van der Waals surface area (Å²) in [5.41, 5.74) is 2.08. The molecule has 6 heteroatoms. The highest BCUT2D eigenvalue weighted by atomic mass is 35.5. The van der Waals surface area contributed by atoms with E-state index in [-0.39, 0.29) is 11.9 Å². The van der Waals surface area contributed by atoms with Crippen molar-refractivity contribution < 1.29 is 9.21 Å². The first-order valence-electron chi connectivity index (χ1n) is 9.21. The average Bonchev–Trinajstić information content (AvgIpc) is 3.17. The molecule has 1 aromatic heterocycles. The zero-order valence-corrected chi connectivity index (χ0v) is 16.8. The Bertz CT molecular complexity index is 892. The number of aromatic nitrogens is 1. The Labute approximate surface area is 170 Å². The van der Waals surface area contributed by atoms with Crippen LogP contribution < -0.4 is 5.32 Å². The van der Waals surface area contributed by atoms with Crippen molar-refractivity contribution in [3.05, 3.63) is 77.3 Å². The van der Waals surface area contributed by atoms with E-state index in [1.807, 2.05) is 44.4 Å². The number of nitrogens with one attached hydrogen (secondary N) is 1. The fraction of sp³-hybridized carbons (Fsp3) is 0.273. The zero-order valence-electron chi connectivity index (χ0n) is 16.1. The molecule has 3 rings (SSSR count). The summed E-state index contributed by atoms with van der Waals surface area (Å²) in [6.45, 7) is 0.553. The van der Waals surface area contributed by atoms with Crippen LogP contribution in [0.2, 0.25) is 5.02 Å². The molecule has 0 radical (unpaired) electrons. The highest BCUT2D eigenvalue weighted by molar-refractivity contribution is 6.30. The van der Waals surface area contributed by atoms with Crippen LogP contribution in [0.25, 0.3) is 11.3 Å². The molecule has 1 amide bonds. The number of hydrogen-bond acceptors (Lipinski definition) is 4. The van der Waals surface area contributed by atoms with Crippen molar-refractivity contribution in [2.24, 2.45) is 0 Å². The molecule has 0 spiro atoms. The number of likely N-dealkylation sites (N-methyl/N-ethyl adjacent to an activating group) is 1. The van der Waals surface area contributed by atoms with Gasteiger partial charge in [0, 0.05) is 30.0 Å². The first-order valence-corrected chi connectivity index (χ1v) is 9.59. The Morgan fingerprint density at radius 2 is 1.86 bits per heavy atom. The molecule has 1 unspecified atom stereocenters. The number of nitrogens with zero attached hydrogens (tertiary/aromatic N) is 2. The normalized spacial score (nSPS) is 12.1. The van der Waals surface area contributed by atoms with E-state index in [0.717, 1.165) is 5.56 Å². The van der Waals surface area contributed by atoms with E-state index in [2.05, 4.69) is 27.3 Å². The third kappa shape index (κ3) is 5.44. The Balaban J connectivity index is 1.51. The molecule has 1 N–H and O–H groups in total. The summed E-state index contributed by atoms with van der Waals surface area (Å²) < 4.78 is 5.75. The maximum atomic E-state index is 12.3. The SMILES string of the molecule is CN(C)C(CNC(=O)CCc1ncc(-c2ccc(Cl)cc2)o1)c1ccccc1. The van der Waals surface area contributed by atoms with E-state index in [9.17, 15) is 4.79 Å². The third-order valence-corrected chi connectivity index (χ3v) is 4.80. The van der Waals surface area contributed by atoms with E-state index >= 15 is 0 Å². The second kappa shape index (κ2) is 9.53. The predicted molar refractivity (Wildman–Crippen MR) is 111 cm³/mol. The molecule has 0 aliphatic rings. The lowest BCUT2D eigenvalue weighted by Gasteiger charge is -2.25. The first-order chi connectivity index (χ1) is 13.5. The van der Waals surface area contributed by atoms with Crippen molar-refractivity contribution >= 4 is 17.5 Å². The van der Waals surface area contributed by atoms with Crippen LogP contribution >= 0.6 is 11.6 Å². The molecule has 146 valence electrons. The lowest BCUT2D eigenvalue weighted by Crippen LogP contribution is -2.34. The molecular weight excluding hydrogens is 374 g/mol. The van der Waals surface area contributed by atoms with Gasteiger partial charge >= 0.3 is 0 Å². The van der Waals surface area contributed by atoms with Crippen LogP contribution in [0.5, 0.6) is 0 Å². The molecule has 0 bridgehead atoms. The summed E-state index contributed by atoms with van der Waals surface area (Å²) in [6.07, 6.45) is 2.46. The minimum Gasteiger partial charge on any atom is -0.441 e. The number of carbonyl (C=O) groups is 1. The van der Waals surface area contributed by atoms with Crippen molar-refractivity contribution in [3.63, 3.8) is 0 Å². The van der Waals surface area contributed by atoms with Gasteiger partial charge in [-0.3, -0.25) is 4.79 Å². The largest absolute Gasteiger partial charge is 0.441 e. The first kappa shape index (κ1) is 20.1. The molecule has 3 aromatic rings. The molecule has 0 aliphatic carbocycles. The summed E-state index contributed by atoms with van der Waals surface area (Å²) in [6, 6.07) is 17.6. The molecule has 0 saturated heterocycles. The van der Waals surface area contributed by atoms with E-state index in [1.54, 1.807) is 18.3 Å². The molecule has 0 saturated carbocycles. The highest BCUT2D eigenvalue weighted by Gasteiger charge is 2.15. The van der Waals surface area contributed by atoms with Crippen molar-refractivity contribution in [2.45, 2.75) is 18.9 Å². The topological polar surface area (TPSA) is 58.4 Å². The molecule has 28 heavy (non-hydrogen) atoms. The zero-order chi connectivity index (χ0) is 19.9. The van der Waals surface area contributed by atoms with Gasteiger partial charge in [-0.15, -0.1) is 0 Å². The number of hydrogen-bond donors (Lipinski definition) is 1. The lowest BCUT2D eigenvalue weighted by molar-refractivity contribution is -0.121. The average molecular weight is 398 g/mol. The maximum Gasteiger partial charge on any atom is 0.220 e. The van der Waals surface area contributed by atoms with Crippen molar-refractivity contribution in [1.29, 1.82) is 0 Å². The number of benzene rings is 2. The molecule has 5 nitrogen and oxygen atoms in total. The van der Waals surface area contributed by atoms with Gasteiger partial charge in [-0.05, 0) is 43.9 Å². The molecule has 0 fully saturated rings. The Kier molecular flexibility index (Phi) is 6.85. The fourth-order valence-corrected chi connectivity index (χ4v) is 3.09. The summed E-state index contributed by atoms with van der Waals surface area (Å²) in [4.78, 5) is 18.6. The highest BCUT2D eigenvalue weighted by Crippen LogP contribution is 2.22. The molecule has 1 atom stereocenters. The predicted octanol–water partition coefficient (Wildman–Crippen LogP) is 4.35. The monoisotopic (exact) mass is 397 g/mol. The van der Waals surface area contributed by atoms with E-state index in [1.165, 1.54) is 5.56 Å². The minimum atomic E-state index is -0.0194. The summed E-state index contributed by atoms with van der Waals surface area (Å²) >= 11 is 5.91. The number of halogens is 1. The van der Waals surface area contributed by atoms with Gasteiger partial charge in [0.05, 0.1) is 12.2 Å². The van der Waals surface area contributed by atoms with E-state index in [4.69, 9.17) is 16.0 Å². The molecular formula is C22H24ClN3O2. The van der Waals surface area contributed by atoms with Crippen LogP contribution in [0, 0.1) is 0 Å². The van der Waals surface area contributed by atoms with E-state index < -0.39 is 0 Å². The smallest absolute Gasteiger partial charge is 0.220 e. The Morgan fingerprint density at radius 3 is 2.54 bits per heavy atom. The maximum absolute atomic E-state index is 12.3. The summed E-state index contributed by atoms with van der Waals surface area (Å²) in [5, 5.41) is 3.69. The standard InChI is InChI=1S/C22H24ClN3O2/c1-26(2)19(16-6-4-3-5-7-16)14-24-21(27)12-13-22-25-15-20(28-22)17-8-10-18(23)11-9-17/h3-11,15,19H,12-14H2,1-2H3,(H,24,27). The molecule has 2 aromatic carbocycles. The van der Waals surface area contributed by atoms with Crippen molar-refractivity contribution in [2.75, 3.05) is 20.6 Å². The second-order valence-corrected chi connectivity index (χ2v) is 7.26. The summed E-state index contributed by atoms with van der Waals surface area (Å²) in [7, 11) is 4.02. The Hall–Kier alpha value is -2.63. The van der Waals surface area contributed by atoms with Crippen LogP contribution in [0.4, 0.5) is 0 Å². The lowest BCUT2D eigenvalue weighted by atomic mass is 10.1. The van der Waals surface area contributed by atoms with Gasteiger partial charge in [0.1, 0.15) is 0 Å².